The summed E-state index contributed by atoms with van der Waals surface area (Å²) in [4.78, 5) is 2.00. The Bertz CT molecular complexity index is 436. The van der Waals surface area contributed by atoms with Gasteiger partial charge in [0.1, 0.15) is 11.6 Å². The van der Waals surface area contributed by atoms with Gasteiger partial charge in [-0.05, 0) is 25.3 Å². The lowest BCUT2D eigenvalue weighted by molar-refractivity contribution is 0.769. The number of nitrogens with zero attached hydrogens (tertiary/aromatic N) is 4. The van der Waals surface area contributed by atoms with E-state index in [9.17, 15) is 5.26 Å². The lowest BCUT2D eigenvalue weighted by Gasteiger charge is -2.23. The van der Waals surface area contributed by atoms with Crippen molar-refractivity contribution in [2.75, 3.05) is 24.5 Å². The number of likely N-dealkylation sites (N-methyl/N-ethyl adjacent to an activating group) is 1. The van der Waals surface area contributed by atoms with E-state index in [2.05, 4.69) is 16.3 Å². The fourth-order valence-corrected chi connectivity index (χ4v) is 2.07. The molecule has 0 fully saturated rings. The van der Waals surface area contributed by atoms with E-state index in [4.69, 9.17) is 5.73 Å². The molecule has 18 heavy (non-hydrogen) atoms. The van der Waals surface area contributed by atoms with Gasteiger partial charge in [0.25, 0.3) is 0 Å². The van der Waals surface area contributed by atoms with Gasteiger partial charge < -0.3 is 10.6 Å². The van der Waals surface area contributed by atoms with Crippen LogP contribution in [-0.4, -0.2) is 29.8 Å². The Morgan fingerprint density at radius 3 is 2.39 bits per heavy atom. The van der Waals surface area contributed by atoms with Gasteiger partial charge in [-0.15, -0.1) is 5.10 Å². The Hall–Kier alpha value is -1.67. The zero-order valence-electron chi connectivity index (χ0n) is 11.4. The molecule has 0 spiro atoms. The second-order valence-corrected chi connectivity index (χ2v) is 4.01. The monoisotopic (exact) mass is 247 g/mol. The van der Waals surface area contributed by atoms with Crippen LogP contribution in [0.5, 0.6) is 0 Å². The summed E-state index contributed by atoms with van der Waals surface area (Å²) in [5.74, 6) is 0.666. The standard InChI is InChI=1S/C13H21N5/c1-4-10-11(9-15)13(17-16-12(10)5-2)18(6-3)8-7-14/h4-8,14H2,1-3H3. The highest BCUT2D eigenvalue weighted by Crippen LogP contribution is 2.22. The Morgan fingerprint density at radius 2 is 1.94 bits per heavy atom. The maximum absolute atomic E-state index is 9.39. The predicted molar refractivity (Wildman–Crippen MR) is 72.4 cm³/mol. The molecule has 1 aromatic heterocycles. The smallest absolute Gasteiger partial charge is 0.169 e. The van der Waals surface area contributed by atoms with Crippen molar-refractivity contribution in [3.63, 3.8) is 0 Å². The number of aromatic nitrogens is 2. The molecule has 0 aromatic carbocycles. The van der Waals surface area contributed by atoms with Gasteiger partial charge >= 0.3 is 0 Å². The second-order valence-electron chi connectivity index (χ2n) is 4.01. The normalized spacial score (nSPS) is 10.2. The summed E-state index contributed by atoms with van der Waals surface area (Å²) in [6.07, 6.45) is 1.60. The van der Waals surface area contributed by atoms with Gasteiger partial charge in [-0.3, -0.25) is 0 Å². The van der Waals surface area contributed by atoms with E-state index in [0.29, 0.717) is 24.5 Å². The van der Waals surface area contributed by atoms with Crippen LogP contribution in [0.4, 0.5) is 5.82 Å². The highest BCUT2D eigenvalue weighted by molar-refractivity contribution is 5.58. The molecule has 0 radical (unpaired) electrons. The summed E-state index contributed by atoms with van der Waals surface area (Å²) in [6, 6.07) is 2.28. The minimum Gasteiger partial charge on any atom is -0.353 e. The number of nitrogens with two attached hydrogens (primary N) is 1. The molecule has 0 aliphatic carbocycles. The molecule has 2 N–H and O–H groups in total. The molecule has 1 rings (SSSR count). The summed E-state index contributed by atoms with van der Waals surface area (Å²) < 4.78 is 0. The molecule has 1 aromatic rings. The fraction of sp³-hybridized carbons (Fsp3) is 0.615. The summed E-state index contributed by atoms with van der Waals surface area (Å²) in [5, 5.41) is 17.8. The number of hydrogen-bond acceptors (Lipinski definition) is 5. The van der Waals surface area contributed by atoms with Crippen molar-refractivity contribution in [3.05, 3.63) is 16.8 Å². The Balaban J connectivity index is 3.32. The third-order valence-electron chi connectivity index (χ3n) is 3.02. The average molecular weight is 247 g/mol. The van der Waals surface area contributed by atoms with Gasteiger partial charge in [-0.2, -0.15) is 10.4 Å². The molecule has 5 heteroatoms. The highest BCUT2D eigenvalue weighted by Gasteiger charge is 2.17. The second kappa shape index (κ2) is 6.92. The minimum absolute atomic E-state index is 0.539. The Kier molecular flexibility index (Phi) is 5.53. The highest BCUT2D eigenvalue weighted by atomic mass is 15.3. The van der Waals surface area contributed by atoms with Crippen LogP contribution < -0.4 is 10.6 Å². The number of hydrogen-bond donors (Lipinski definition) is 1. The first-order chi connectivity index (χ1) is 8.73. The third-order valence-corrected chi connectivity index (χ3v) is 3.02. The van der Waals surface area contributed by atoms with E-state index < -0.39 is 0 Å². The molecule has 0 amide bonds. The molecule has 0 saturated heterocycles. The van der Waals surface area contributed by atoms with Crippen LogP contribution in [-0.2, 0) is 12.8 Å². The first kappa shape index (κ1) is 14.4. The van der Waals surface area contributed by atoms with Gasteiger partial charge in [-0.25, -0.2) is 0 Å². The molecule has 5 nitrogen and oxygen atoms in total. The van der Waals surface area contributed by atoms with Crippen LogP contribution in [0.3, 0.4) is 0 Å². The molecule has 0 aliphatic heterocycles. The molecule has 0 atom stereocenters. The molecular weight excluding hydrogens is 226 g/mol. The molecule has 0 aliphatic rings. The first-order valence-electron chi connectivity index (χ1n) is 6.46. The lowest BCUT2D eigenvalue weighted by atomic mass is 10.0. The van der Waals surface area contributed by atoms with Gasteiger partial charge in [-0.1, -0.05) is 13.8 Å². The van der Waals surface area contributed by atoms with E-state index in [1.807, 2.05) is 25.7 Å². The van der Waals surface area contributed by atoms with Crippen molar-refractivity contribution in [3.8, 4) is 6.07 Å². The van der Waals surface area contributed by atoms with Crippen molar-refractivity contribution in [1.82, 2.24) is 10.2 Å². The maximum Gasteiger partial charge on any atom is 0.169 e. The van der Waals surface area contributed by atoms with Gasteiger partial charge in [0.05, 0.1) is 5.69 Å². The molecule has 0 unspecified atom stereocenters. The zero-order valence-corrected chi connectivity index (χ0v) is 11.4. The summed E-state index contributed by atoms with van der Waals surface area (Å²) in [7, 11) is 0. The van der Waals surface area contributed by atoms with Crippen molar-refractivity contribution >= 4 is 5.82 Å². The quantitative estimate of drug-likeness (QED) is 0.818. The fourth-order valence-electron chi connectivity index (χ4n) is 2.07. The largest absolute Gasteiger partial charge is 0.353 e. The van der Waals surface area contributed by atoms with Gasteiger partial charge in [0, 0.05) is 19.6 Å². The molecule has 1 heterocycles. The third kappa shape index (κ3) is 2.77. The van der Waals surface area contributed by atoms with Crippen LogP contribution in [0.2, 0.25) is 0 Å². The molecular formula is C13H21N5. The van der Waals surface area contributed by atoms with Crippen molar-refractivity contribution in [2.24, 2.45) is 5.73 Å². The summed E-state index contributed by atoms with van der Waals surface area (Å²) in [6.45, 7) is 8.10. The van der Waals surface area contributed by atoms with E-state index in [0.717, 1.165) is 30.6 Å². The lowest BCUT2D eigenvalue weighted by Crippen LogP contribution is -2.31. The van der Waals surface area contributed by atoms with Crippen LogP contribution in [0, 0.1) is 11.3 Å². The van der Waals surface area contributed by atoms with Crippen LogP contribution in [0.25, 0.3) is 0 Å². The average Bonchev–Trinajstić information content (AvgIpc) is 2.42. The maximum atomic E-state index is 9.39. The predicted octanol–water partition coefficient (Wildman–Crippen LogP) is 1.26. The van der Waals surface area contributed by atoms with Gasteiger partial charge in [0.15, 0.2) is 5.82 Å². The Morgan fingerprint density at radius 1 is 1.22 bits per heavy atom. The van der Waals surface area contributed by atoms with Crippen LogP contribution >= 0.6 is 0 Å². The van der Waals surface area contributed by atoms with E-state index in [-0.39, 0.29) is 0 Å². The molecule has 0 bridgehead atoms. The SMILES string of the molecule is CCc1nnc(N(CC)CCN)c(C#N)c1CC. The summed E-state index contributed by atoms with van der Waals surface area (Å²) >= 11 is 0. The number of anilines is 1. The number of nitriles is 1. The van der Waals surface area contributed by atoms with Crippen molar-refractivity contribution < 1.29 is 0 Å². The van der Waals surface area contributed by atoms with E-state index in [1.165, 1.54) is 0 Å². The Labute approximate surface area is 109 Å². The molecule has 98 valence electrons. The van der Waals surface area contributed by atoms with Crippen molar-refractivity contribution in [2.45, 2.75) is 33.6 Å². The van der Waals surface area contributed by atoms with E-state index >= 15 is 0 Å². The number of rotatable bonds is 6. The minimum atomic E-state index is 0.539. The summed E-state index contributed by atoms with van der Waals surface area (Å²) in [5.41, 5.74) is 8.17. The first-order valence-corrected chi connectivity index (χ1v) is 6.46. The molecule has 0 saturated carbocycles. The van der Waals surface area contributed by atoms with Crippen LogP contribution in [0.15, 0.2) is 0 Å². The number of aryl methyl sites for hydroxylation is 1. The van der Waals surface area contributed by atoms with E-state index in [1.54, 1.807) is 0 Å². The van der Waals surface area contributed by atoms with Crippen LogP contribution in [0.1, 0.15) is 37.6 Å². The zero-order chi connectivity index (χ0) is 13.5. The van der Waals surface area contributed by atoms with Gasteiger partial charge in [0.2, 0.25) is 0 Å². The topological polar surface area (TPSA) is 78.8 Å². The van der Waals surface area contributed by atoms with Crippen molar-refractivity contribution in [1.29, 1.82) is 5.26 Å².